The molecule has 0 saturated carbocycles. The number of amides is 2. The van der Waals surface area contributed by atoms with Crippen LogP contribution in [0.15, 0.2) is 90.0 Å². The average Bonchev–Trinajstić information content (AvgIpc) is 3.29. The molecule has 3 aromatic carbocycles. The molecule has 3 aromatic rings. The molecule has 2 aliphatic rings. The van der Waals surface area contributed by atoms with Gasteiger partial charge in [0.1, 0.15) is 0 Å². The first-order valence-corrected chi connectivity index (χ1v) is 12.0. The Balaban J connectivity index is 1.48. The van der Waals surface area contributed by atoms with E-state index in [9.17, 15) is 9.59 Å². The van der Waals surface area contributed by atoms with Crippen LogP contribution in [0.25, 0.3) is 29.6 Å². The smallest absolute Gasteiger partial charge is 0.261 e. The van der Waals surface area contributed by atoms with Gasteiger partial charge in [-0.15, -0.1) is 0 Å². The lowest BCUT2D eigenvalue weighted by Crippen LogP contribution is -2.25. The Morgan fingerprint density at radius 3 is 1.33 bits per heavy atom. The number of aryl methyl sites for hydroxylation is 1. The summed E-state index contributed by atoms with van der Waals surface area (Å²) >= 11 is 0. The fourth-order valence-electron chi connectivity index (χ4n) is 4.77. The van der Waals surface area contributed by atoms with Gasteiger partial charge in [-0.25, -0.2) is 0 Å². The largest absolute Gasteiger partial charge is 0.310 e. The highest BCUT2D eigenvalue weighted by atomic mass is 16.2. The van der Waals surface area contributed by atoms with E-state index < -0.39 is 0 Å². The van der Waals surface area contributed by atoms with Crippen molar-refractivity contribution in [2.45, 2.75) is 13.8 Å². The normalized spacial score (nSPS) is 15.9. The number of carbonyl (C=O) groups is 2. The zero-order chi connectivity index (χ0) is 25.4. The summed E-state index contributed by atoms with van der Waals surface area (Å²) in [6.45, 7) is 4.02. The lowest BCUT2D eigenvalue weighted by Gasteiger charge is -2.20. The molecule has 0 spiro atoms. The molecule has 4 nitrogen and oxygen atoms in total. The first kappa shape index (κ1) is 23.3. The standard InChI is InChI=1S/C32H28N2O2/c1-5-6-22-9-11-23(12-10-22)13-14-24-15-19-26(20-16-24)30-28-27(31(35)34(30)4)29(33(3)32(28)36)25-17-7-21(2)8-18-25/h5-20H,1-4H3/b6-5+,14-13+. The second kappa shape index (κ2) is 9.31. The van der Waals surface area contributed by atoms with Gasteiger partial charge in [-0.3, -0.25) is 9.59 Å². The third-order valence-electron chi connectivity index (χ3n) is 6.70. The molecule has 5 rings (SSSR count). The second-order valence-electron chi connectivity index (χ2n) is 9.16. The number of likely N-dealkylation sites (N-methyl/N-ethyl adjacent to an activating group) is 2. The highest BCUT2D eigenvalue weighted by molar-refractivity contribution is 6.30. The van der Waals surface area contributed by atoms with Gasteiger partial charge in [0.15, 0.2) is 0 Å². The van der Waals surface area contributed by atoms with Crippen LogP contribution >= 0.6 is 0 Å². The molecule has 2 amide bonds. The SMILES string of the molecule is C/C=C/c1ccc(/C=C/c2ccc(C3=C4C(=O)N(C)C(c5ccc(C)cc5)=C4C(=O)N3C)cc2)cc1. The van der Waals surface area contributed by atoms with Crippen molar-refractivity contribution >= 4 is 41.4 Å². The van der Waals surface area contributed by atoms with Crippen molar-refractivity contribution in [2.75, 3.05) is 14.1 Å². The van der Waals surface area contributed by atoms with Gasteiger partial charge in [-0.05, 0) is 41.7 Å². The van der Waals surface area contributed by atoms with E-state index in [1.54, 1.807) is 23.9 Å². The van der Waals surface area contributed by atoms with Crippen molar-refractivity contribution in [3.63, 3.8) is 0 Å². The summed E-state index contributed by atoms with van der Waals surface area (Å²) in [6, 6.07) is 24.3. The Labute approximate surface area is 212 Å². The molecule has 0 fully saturated rings. The van der Waals surface area contributed by atoms with E-state index in [4.69, 9.17) is 0 Å². The summed E-state index contributed by atoms with van der Waals surface area (Å²) in [7, 11) is 3.47. The van der Waals surface area contributed by atoms with E-state index in [0.717, 1.165) is 27.8 Å². The fourth-order valence-corrected chi connectivity index (χ4v) is 4.77. The molecular weight excluding hydrogens is 444 g/mol. The van der Waals surface area contributed by atoms with Crippen molar-refractivity contribution in [1.82, 2.24) is 9.80 Å². The van der Waals surface area contributed by atoms with Gasteiger partial charge >= 0.3 is 0 Å². The molecule has 0 N–H and O–H groups in total. The Morgan fingerprint density at radius 2 is 0.917 bits per heavy atom. The predicted molar refractivity (Wildman–Crippen MR) is 147 cm³/mol. The molecule has 0 radical (unpaired) electrons. The topological polar surface area (TPSA) is 40.6 Å². The van der Waals surface area contributed by atoms with Crippen LogP contribution in [0.3, 0.4) is 0 Å². The molecular formula is C32H28N2O2. The maximum Gasteiger partial charge on any atom is 0.261 e. The van der Waals surface area contributed by atoms with Crippen LogP contribution in [0, 0.1) is 6.92 Å². The third kappa shape index (κ3) is 4.01. The van der Waals surface area contributed by atoms with Gasteiger partial charge in [0.2, 0.25) is 0 Å². The van der Waals surface area contributed by atoms with Gasteiger partial charge < -0.3 is 9.80 Å². The highest BCUT2D eigenvalue weighted by Gasteiger charge is 2.46. The van der Waals surface area contributed by atoms with Gasteiger partial charge in [-0.1, -0.05) is 103 Å². The number of carbonyl (C=O) groups excluding carboxylic acids is 2. The van der Waals surface area contributed by atoms with Crippen molar-refractivity contribution < 1.29 is 9.59 Å². The van der Waals surface area contributed by atoms with E-state index in [-0.39, 0.29) is 11.8 Å². The van der Waals surface area contributed by atoms with E-state index in [0.29, 0.717) is 22.5 Å². The lowest BCUT2D eigenvalue weighted by molar-refractivity contribution is -0.123. The van der Waals surface area contributed by atoms with Crippen LogP contribution in [-0.2, 0) is 9.59 Å². The lowest BCUT2D eigenvalue weighted by atomic mass is 10.0. The van der Waals surface area contributed by atoms with Crippen molar-refractivity contribution in [3.8, 4) is 0 Å². The number of fused-ring (bicyclic) bond motifs is 1. The quantitative estimate of drug-likeness (QED) is 0.411. The molecule has 0 aliphatic carbocycles. The maximum atomic E-state index is 13.3. The third-order valence-corrected chi connectivity index (χ3v) is 6.70. The monoisotopic (exact) mass is 472 g/mol. The number of hydrogen-bond donors (Lipinski definition) is 0. The average molecular weight is 473 g/mol. The van der Waals surface area contributed by atoms with Gasteiger partial charge in [-0.2, -0.15) is 0 Å². The molecule has 2 heterocycles. The van der Waals surface area contributed by atoms with Crippen molar-refractivity contribution in [1.29, 1.82) is 0 Å². The predicted octanol–water partition coefficient (Wildman–Crippen LogP) is 6.26. The zero-order valence-electron chi connectivity index (χ0n) is 20.9. The van der Waals surface area contributed by atoms with E-state index in [1.165, 1.54) is 5.56 Å². The number of nitrogens with zero attached hydrogens (tertiary/aromatic N) is 2. The summed E-state index contributed by atoms with van der Waals surface area (Å²) < 4.78 is 0. The van der Waals surface area contributed by atoms with Crippen LogP contribution in [0.5, 0.6) is 0 Å². The zero-order valence-corrected chi connectivity index (χ0v) is 20.9. The molecule has 0 atom stereocenters. The van der Waals surface area contributed by atoms with E-state index in [1.807, 2.05) is 68.5 Å². The Hall–Kier alpha value is -4.44. The van der Waals surface area contributed by atoms with Crippen LogP contribution in [-0.4, -0.2) is 35.7 Å². The maximum absolute atomic E-state index is 13.3. The molecule has 0 aromatic heterocycles. The summed E-state index contributed by atoms with van der Waals surface area (Å²) in [5.41, 5.74) is 8.46. The molecule has 4 heteroatoms. The molecule has 178 valence electrons. The number of hydrogen-bond acceptors (Lipinski definition) is 2. The molecule has 0 bridgehead atoms. The van der Waals surface area contributed by atoms with Crippen LogP contribution in [0.4, 0.5) is 0 Å². The highest BCUT2D eigenvalue weighted by Crippen LogP contribution is 2.45. The molecule has 0 saturated heterocycles. The van der Waals surface area contributed by atoms with Crippen LogP contribution in [0.1, 0.15) is 40.3 Å². The second-order valence-corrected chi connectivity index (χ2v) is 9.16. The molecule has 0 unspecified atom stereocenters. The van der Waals surface area contributed by atoms with E-state index in [2.05, 4.69) is 42.5 Å². The first-order chi connectivity index (χ1) is 17.4. The number of benzene rings is 3. The van der Waals surface area contributed by atoms with Crippen LogP contribution < -0.4 is 0 Å². The fraction of sp³-hybridized carbons (Fsp3) is 0.125. The first-order valence-electron chi connectivity index (χ1n) is 12.0. The minimum absolute atomic E-state index is 0.154. The number of allylic oxidation sites excluding steroid dienone is 1. The Kier molecular flexibility index (Phi) is 6.03. The summed E-state index contributed by atoms with van der Waals surface area (Å²) in [4.78, 5) is 29.9. The van der Waals surface area contributed by atoms with Crippen molar-refractivity contribution in [2.24, 2.45) is 0 Å². The molecule has 2 aliphatic heterocycles. The van der Waals surface area contributed by atoms with Gasteiger partial charge in [0, 0.05) is 14.1 Å². The van der Waals surface area contributed by atoms with E-state index >= 15 is 0 Å². The Bertz CT molecular complexity index is 1470. The summed E-state index contributed by atoms with van der Waals surface area (Å²) in [5.74, 6) is -0.308. The molecule has 36 heavy (non-hydrogen) atoms. The minimum Gasteiger partial charge on any atom is -0.310 e. The van der Waals surface area contributed by atoms with Gasteiger partial charge in [0.25, 0.3) is 11.8 Å². The van der Waals surface area contributed by atoms with Crippen molar-refractivity contribution in [3.05, 3.63) is 123 Å². The van der Waals surface area contributed by atoms with Gasteiger partial charge in [0.05, 0.1) is 22.5 Å². The summed E-state index contributed by atoms with van der Waals surface area (Å²) in [5, 5.41) is 0. The van der Waals surface area contributed by atoms with Crippen LogP contribution in [0.2, 0.25) is 0 Å². The Morgan fingerprint density at radius 1 is 0.556 bits per heavy atom. The summed E-state index contributed by atoms with van der Waals surface area (Å²) in [6.07, 6.45) is 8.23. The minimum atomic E-state index is -0.154. The number of rotatable bonds is 5.